The number of fused-ring (bicyclic) bond motifs is 1. The topological polar surface area (TPSA) is 106 Å². The Balaban J connectivity index is 1.57. The molecule has 0 unspecified atom stereocenters. The van der Waals surface area contributed by atoms with Crippen molar-refractivity contribution < 1.29 is 18.7 Å². The van der Waals surface area contributed by atoms with Gasteiger partial charge in [0.15, 0.2) is 5.65 Å². The summed E-state index contributed by atoms with van der Waals surface area (Å²) in [6.45, 7) is 0.666. The van der Waals surface area contributed by atoms with Gasteiger partial charge in [0.1, 0.15) is 12.5 Å². The summed E-state index contributed by atoms with van der Waals surface area (Å²) in [6, 6.07) is 11.9. The average molecular weight is 486 g/mol. The molecule has 1 amide bonds. The van der Waals surface area contributed by atoms with Crippen molar-refractivity contribution >= 4 is 29.1 Å². The molecule has 7 nitrogen and oxygen atoms in total. The highest BCUT2D eigenvalue weighted by Gasteiger charge is 2.24. The molecule has 2 heterocycles. The highest BCUT2D eigenvalue weighted by Crippen LogP contribution is 2.28. The standard InChI is InChI=1S/C24H22ClF2N5O2/c1-13-2-7-18(15-8-9-32-20(10-15)30-24(28)31-32)22(27)21(13)23(34)29-17(12-26)11-19(33)14-3-5-16(25)6-4-14/h2-10,17,19,33H,11-12H2,1H3,(H2,28,31)(H,29,34)/t17-,19-/m1/s1. The van der Waals surface area contributed by atoms with Crippen molar-refractivity contribution in [2.24, 2.45) is 0 Å². The van der Waals surface area contributed by atoms with Crippen LogP contribution in [0.5, 0.6) is 0 Å². The van der Waals surface area contributed by atoms with E-state index in [4.69, 9.17) is 17.3 Å². The van der Waals surface area contributed by atoms with E-state index in [9.17, 15) is 14.3 Å². The number of hydrogen-bond acceptors (Lipinski definition) is 5. The monoisotopic (exact) mass is 485 g/mol. The zero-order valence-corrected chi connectivity index (χ0v) is 18.9. The summed E-state index contributed by atoms with van der Waals surface area (Å²) in [5.74, 6) is -1.43. The molecular weight excluding hydrogens is 464 g/mol. The lowest BCUT2D eigenvalue weighted by Gasteiger charge is -2.20. The summed E-state index contributed by atoms with van der Waals surface area (Å²) in [4.78, 5) is 17.0. The first kappa shape index (κ1) is 23.6. The maximum atomic E-state index is 15.5. The zero-order valence-electron chi connectivity index (χ0n) is 18.2. The van der Waals surface area contributed by atoms with E-state index in [2.05, 4.69) is 15.4 Å². The van der Waals surface area contributed by atoms with Crippen molar-refractivity contribution in [3.63, 3.8) is 0 Å². The van der Waals surface area contributed by atoms with Gasteiger partial charge in [0.25, 0.3) is 5.91 Å². The molecule has 4 rings (SSSR count). The van der Waals surface area contributed by atoms with Gasteiger partial charge in [-0.2, -0.15) is 4.98 Å². The molecule has 0 spiro atoms. The molecule has 4 aromatic rings. The normalized spacial score (nSPS) is 13.1. The number of alkyl halides is 1. The fourth-order valence-corrected chi connectivity index (χ4v) is 3.88. The number of aryl methyl sites for hydroxylation is 1. The number of nitrogens with one attached hydrogen (secondary N) is 1. The lowest BCUT2D eigenvalue weighted by atomic mass is 9.98. The Morgan fingerprint density at radius 1 is 1.24 bits per heavy atom. The molecule has 34 heavy (non-hydrogen) atoms. The van der Waals surface area contributed by atoms with E-state index < -0.39 is 30.5 Å². The van der Waals surface area contributed by atoms with Crippen LogP contribution in [0.1, 0.15) is 34.0 Å². The van der Waals surface area contributed by atoms with Gasteiger partial charge in [-0.25, -0.2) is 13.3 Å². The number of nitrogen functional groups attached to an aromatic ring is 1. The number of benzene rings is 2. The Morgan fingerprint density at radius 3 is 2.68 bits per heavy atom. The van der Waals surface area contributed by atoms with Gasteiger partial charge in [0.2, 0.25) is 5.95 Å². The molecule has 10 heteroatoms. The van der Waals surface area contributed by atoms with Gasteiger partial charge in [-0.05, 0) is 47.9 Å². The van der Waals surface area contributed by atoms with Gasteiger partial charge >= 0.3 is 0 Å². The SMILES string of the molecule is Cc1ccc(-c2ccn3nc(N)nc3c2)c(F)c1C(=O)N[C@@H](CF)C[C@@H](O)c1ccc(Cl)cc1. The van der Waals surface area contributed by atoms with Gasteiger partial charge in [0, 0.05) is 23.2 Å². The predicted molar refractivity (Wildman–Crippen MR) is 126 cm³/mol. The fraction of sp³-hybridized carbons (Fsp3) is 0.208. The van der Waals surface area contributed by atoms with E-state index in [1.54, 1.807) is 61.7 Å². The second-order valence-electron chi connectivity index (χ2n) is 7.93. The Bertz CT molecular complexity index is 1340. The largest absolute Gasteiger partial charge is 0.388 e. The third-order valence-corrected chi connectivity index (χ3v) is 5.78. The molecule has 0 radical (unpaired) electrons. The van der Waals surface area contributed by atoms with Crippen molar-refractivity contribution in [2.75, 3.05) is 12.4 Å². The summed E-state index contributed by atoms with van der Waals surface area (Å²) < 4.78 is 30.7. The maximum absolute atomic E-state index is 15.5. The number of carbonyl (C=O) groups excluding carboxylic acids is 1. The van der Waals surface area contributed by atoms with Crippen LogP contribution in [0.4, 0.5) is 14.7 Å². The summed E-state index contributed by atoms with van der Waals surface area (Å²) in [5, 5.41) is 17.4. The minimum Gasteiger partial charge on any atom is -0.388 e. The number of pyridine rings is 1. The predicted octanol–water partition coefficient (Wildman–Crippen LogP) is 4.27. The second kappa shape index (κ2) is 9.74. The third-order valence-electron chi connectivity index (χ3n) is 5.53. The van der Waals surface area contributed by atoms with E-state index in [0.717, 1.165) is 0 Å². The quantitative estimate of drug-likeness (QED) is 0.362. The van der Waals surface area contributed by atoms with Crippen LogP contribution < -0.4 is 11.1 Å². The van der Waals surface area contributed by atoms with Gasteiger partial charge in [0.05, 0.1) is 17.7 Å². The highest BCUT2D eigenvalue weighted by atomic mass is 35.5. The van der Waals surface area contributed by atoms with Crippen molar-refractivity contribution in [2.45, 2.75) is 25.5 Å². The summed E-state index contributed by atoms with van der Waals surface area (Å²) in [5.41, 5.74) is 7.42. The maximum Gasteiger partial charge on any atom is 0.254 e. The first-order valence-electron chi connectivity index (χ1n) is 10.5. The van der Waals surface area contributed by atoms with Crippen LogP contribution in [-0.4, -0.2) is 38.3 Å². The molecule has 0 saturated carbocycles. The first-order valence-corrected chi connectivity index (χ1v) is 10.9. The molecule has 0 aliphatic rings. The minimum absolute atomic E-state index is 0.0830. The van der Waals surface area contributed by atoms with Crippen molar-refractivity contribution in [1.82, 2.24) is 19.9 Å². The molecule has 4 N–H and O–H groups in total. The minimum atomic E-state index is -1.03. The lowest BCUT2D eigenvalue weighted by Crippen LogP contribution is -2.38. The number of aromatic nitrogens is 3. The Labute approximate surface area is 199 Å². The third kappa shape index (κ3) is 4.85. The van der Waals surface area contributed by atoms with Crippen LogP contribution in [0.15, 0.2) is 54.7 Å². The zero-order chi connectivity index (χ0) is 24.4. The first-order chi connectivity index (χ1) is 16.3. The number of aliphatic hydroxyl groups excluding tert-OH is 1. The number of rotatable bonds is 7. The fourth-order valence-electron chi connectivity index (χ4n) is 3.75. The molecule has 0 aliphatic heterocycles. The second-order valence-corrected chi connectivity index (χ2v) is 8.37. The molecule has 176 valence electrons. The number of anilines is 1. The molecule has 0 bridgehead atoms. The van der Waals surface area contributed by atoms with E-state index in [1.807, 2.05) is 0 Å². The summed E-state index contributed by atoms with van der Waals surface area (Å²) in [6.07, 6.45) is 0.470. The Kier molecular flexibility index (Phi) is 6.76. The van der Waals surface area contributed by atoms with E-state index in [-0.39, 0.29) is 23.5 Å². The van der Waals surface area contributed by atoms with Crippen LogP contribution in [0, 0.1) is 12.7 Å². The van der Waals surface area contributed by atoms with Gasteiger partial charge in [-0.15, -0.1) is 5.10 Å². The lowest BCUT2D eigenvalue weighted by molar-refractivity contribution is 0.0891. The molecule has 0 fully saturated rings. The van der Waals surface area contributed by atoms with Crippen molar-refractivity contribution in [3.05, 3.63) is 82.3 Å². The Hall–Kier alpha value is -3.56. The van der Waals surface area contributed by atoms with E-state index >= 15 is 4.39 Å². The highest BCUT2D eigenvalue weighted by molar-refractivity contribution is 6.30. The van der Waals surface area contributed by atoms with Crippen LogP contribution in [0.25, 0.3) is 16.8 Å². The number of nitrogens with two attached hydrogens (primary N) is 1. The van der Waals surface area contributed by atoms with Gasteiger partial charge < -0.3 is 16.2 Å². The van der Waals surface area contributed by atoms with E-state index in [0.29, 0.717) is 27.4 Å². The summed E-state index contributed by atoms with van der Waals surface area (Å²) in [7, 11) is 0. The van der Waals surface area contributed by atoms with Gasteiger partial charge in [-0.1, -0.05) is 35.9 Å². The number of halogens is 3. The van der Waals surface area contributed by atoms with Crippen LogP contribution in [0.3, 0.4) is 0 Å². The molecular formula is C24H22ClF2N5O2. The molecule has 2 aromatic heterocycles. The van der Waals surface area contributed by atoms with Crippen molar-refractivity contribution in [3.8, 4) is 11.1 Å². The molecule has 0 saturated heterocycles. The van der Waals surface area contributed by atoms with E-state index in [1.165, 1.54) is 4.52 Å². The molecule has 2 aromatic carbocycles. The number of amides is 1. The molecule has 0 aliphatic carbocycles. The number of hydrogen-bond donors (Lipinski definition) is 3. The van der Waals surface area contributed by atoms with Crippen LogP contribution >= 0.6 is 11.6 Å². The average Bonchev–Trinajstić information content (AvgIpc) is 3.18. The Morgan fingerprint density at radius 2 is 1.97 bits per heavy atom. The van der Waals surface area contributed by atoms with Crippen LogP contribution in [-0.2, 0) is 0 Å². The van der Waals surface area contributed by atoms with Crippen molar-refractivity contribution in [1.29, 1.82) is 0 Å². The number of carbonyl (C=O) groups is 1. The van der Waals surface area contributed by atoms with Gasteiger partial charge in [-0.3, -0.25) is 4.79 Å². The number of nitrogens with zero attached hydrogens (tertiary/aromatic N) is 3. The smallest absolute Gasteiger partial charge is 0.254 e. The number of aliphatic hydroxyl groups is 1. The van der Waals surface area contributed by atoms with Crippen LogP contribution in [0.2, 0.25) is 5.02 Å². The summed E-state index contributed by atoms with van der Waals surface area (Å²) >= 11 is 5.85. The molecule has 2 atom stereocenters.